The molecule has 0 radical (unpaired) electrons. The Kier molecular flexibility index (Phi) is 4.77. The van der Waals surface area contributed by atoms with Gasteiger partial charge in [0.05, 0.1) is 0 Å². The SMILES string of the molecule is Cn1nccc1C(=O)N1CCCN(Cc2cc3ccccc3[nH]c2=O)CC1. The maximum atomic E-state index is 12.7. The van der Waals surface area contributed by atoms with Gasteiger partial charge in [0.1, 0.15) is 5.69 Å². The van der Waals surface area contributed by atoms with Crippen LogP contribution in [0.1, 0.15) is 22.5 Å². The fourth-order valence-corrected chi connectivity index (χ4v) is 3.63. The maximum Gasteiger partial charge on any atom is 0.272 e. The Bertz CT molecular complexity index is 1020. The zero-order chi connectivity index (χ0) is 18.8. The number of fused-ring (bicyclic) bond motifs is 1. The van der Waals surface area contributed by atoms with Crippen LogP contribution in [0, 0.1) is 0 Å². The Morgan fingerprint density at radius 3 is 2.81 bits per heavy atom. The zero-order valence-electron chi connectivity index (χ0n) is 15.4. The van der Waals surface area contributed by atoms with Crippen molar-refractivity contribution in [3.63, 3.8) is 0 Å². The van der Waals surface area contributed by atoms with Gasteiger partial charge in [0, 0.05) is 57.0 Å². The van der Waals surface area contributed by atoms with E-state index in [1.807, 2.05) is 35.2 Å². The molecule has 1 aromatic carbocycles. The first kappa shape index (κ1) is 17.5. The number of nitrogens with zero attached hydrogens (tertiary/aromatic N) is 4. The third-order valence-corrected chi connectivity index (χ3v) is 5.14. The molecule has 1 N–H and O–H groups in total. The summed E-state index contributed by atoms with van der Waals surface area (Å²) in [6.07, 6.45) is 2.53. The van der Waals surface area contributed by atoms with Crippen molar-refractivity contribution in [1.29, 1.82) is 0 Å². The lowest BCUT2D eigenvalue weighted by Crippen LogP contribution is -2.36. The van der Waals surface area contributed by atoms with Gasteiger partial charge in [-0.25, -0.2) is 0 Å². The van der Waals surface area contributed by atoms with Gasteiger partial charge in [0.25, 0.3) is 11.5 Å². The molecule has 2 aromatic heterocycles. The van der Waals surface area contributed by atoms with Crippen molar-refractivity contribution in [2.24, 2.45) is 7.05 Å². The molecule has 1 saturated heterocycles. The lowest BCUT2D eigenvalue weighted by atomic mass is 10.1. The van der Waals surface area contributed by atoms with E-state index in [9.17, 15) is 9.59 Å². The summed E-state index contributed by atoms with van der Waals surface area (Å²) >= 11 is 0. The molecule has 0 bridgehead atoms. The van der Waals surface area contributed by atoms with Crippen molar-refractivity contribution < 1.29 is 4.79 Å². The summed E-state index contributed by atoms with van der Waals surface area (Å²) in [6, 6.07) is 11.5. The highest BCUT2D eigenvalue weighted by atomic mass is 16.2. The second-order valence-corrected chi connectivity index (χ2v) is 6.97. The maximum absolute atomic E-state index is 12.7. The quantitative estimate of drug-likeness (QED) is 0.765. The Hall–Kier alpha value is -2.93. The minimum Gasteiger partial charge on any atom is -0.336 e. The smallest absolute Gasteiger partial charge is 0.272 e. The second kappa shape index (κ2) is 7.36. The van der Waals surface area contributed by atoms with Crippen LogP contribution in [-0.4, -0.2) is 56.7 Å². The number of benzene rings is 1. The van der Waals surface area contributed by atoms with Gasteiger partial charge in [-0.05, 0) is 30.0 Å². The molecular weight excluding hydrogens is 342 g/mol. The van der Waals surface area contributed by atoms with Crippen molar-refractivity contribution in [3.8, 4) is 0 Å². The Morgan fingerprint density at radius 2 is 2.00 bits per heavy atom. The first-order valence-electron chi connectivity index (χ1n) is 9.22. The zero-order valence-corrected chi connectivity index (χ0v) is 15.4. The van der Waals surface area contributed by atoms with E-state index in [1.165, 1.54) is 0 Å². The third-order valence-electron chi connectivity index (χ3n) is 5.14. The number of carbonyl (C=O) groups is 1. The van der Waals surface area contributed by atoms with Crippen LogP contribution in [0.4, 0.5) is 0 Å². The molecule has 7 nitrogen and oxygen atoms in total. The van der Waals surface area contributed by atoms with Crippen LogP contribution in [0.15, 0.2) is 47.4 Å². The number of aromatic nitrogens is 3. The summed E-state index contributed by atoms with van der Waals surface area (Å²) < 4.78 is 1.61. The van der Waals surface area contributed by atoms with Gasteiger partial charge in [-0.1, -0.05) is 18.2 Å². The molecule has 3 aromatic rings. The van der Waals surface area contributed by atoms with Crippen molar-refractivity contribution in [2.45, 2.75) is 13.0 Å². The second-order valence-electron chi connectivity index (χ2n) is 6.97. The Labute approximate surface area is 157 Å². The number of aromatic amines is 1. The van der Waals surface area contributed by atoms with Gasteiger partial charge in [0.2, 0.25) is 0 Å². The number of hydrogen-bond acceptors (Lipinski definition) is 4. The molecule has 140 valence electrons. The lowest BCUT2D eigenvalue weighted by molar-refractivity contribution is 0.0750. The summed E-state index contributed by atoms with van der Waals surface area (Å²) in [5, 5.41) is 5.12. The van der Waals surface area contributed by atoms with Crippen LogP contribution in [0.5, 0.6) is 0 Å². The van der Waals surface area contributed by atoms with Gasteiger partial charge < -0.3 is 9.88 Å². The van der Waals surface area contributed by atoms with E-state index in [0.717, 1.165) is 36.0 Å². The summed E-state index contributed by atoms with van der Waals surface area (Å²) in [4.78, 5) is 32.2. The van der Waals surface area contributed by atoms with Crippen molar-refractivity contribution >= 4 is 16.8 Å². The molecule has 0 atom stereocenters. The van der Waals surface area contributed by atoms with Gasteiger partial charge >= 0.3 is 0 Å². The van der Waals surface area contributed by atoms with Crippen LogP contribution >= 0.6 is 0 Å². The van der Waals surface area contributed by atoms with Gasteiger partial charge in [-0.15, -0.1) is 0 Å². The van der Waals surface area contributed by atoms with Crippen LogP contribution < -0.4 is 5.56 Å². The fourth-order valence-electron chi connectivity index (χ4n) is 3.63. The monoisotopic (exact) mass is 365 g/mol. The molecule has 0 unspecified atom stereocenters. The molecule has 1 aliphatic heterocycles. The number of carbonyl (C=O) groups excluding carboxylic acids is 1. The number of H-pyrrole nitrogens is 1. The average Bonchev–Trinajstić information content (AvgIpc) is 2.96. The largest absolute Gasteiger partial charge is 0.336 e. The standard InChI is InChI=1S/C20H23N5O2/c1-23-18(7-8-21-23)20(27)25-10-4-9-24(11-12-25)14-16-13-15-5-2-3-6-17(15)22-19(16)26/h2-3,5-8,13H,4,9-12,14H2,1H3,(H,22,26). The molecule has 1 amide bonds. The highest BCUT2D eigenvalue weighted by molar-refractivity contribution is 5.92. The molecule has 0 aliphatic carbocycles. The van der Waals surface area contributed by atoms with E-state index < -0.39 is 0 Å². The fraction of sp³-hybridized carbons (Fsp3) is 0.350. The van der Waals surface area contributed by atoms with Crippen molar-refractivity contribution in [2.75, 3.05) is 26.2 Å². The van der Waals surface area contributed by atoms with Gasteiger partial charge in [-0.2, -0.15) is 5.10 Å². The first-order chi connectivity index (χ1) is 13.1. The molecule has 7 heteroatoms. The van der Waals surface area contributed by atoms with Crippen molar-refractivity contribution in [3.05, 3.63) is 64.2 Å². The van der Waals surface area contributed by atoms with E-state index in [4.69, 9.17) is 0 Å². The normalized spacial score (nSPS) is 15.8. The molecule has 27 heavy (non-hydrogen) atoms. The molecule has 1 aliphatic rings. The van der Waals surface area contributed by atoms with Crippen LogP contribution in [0.2, 0.25) is 0 Å². The van der Waals surface area contributed by atoms with Crippen LogP contribution in [0.3, 0.4) is 0 Å². The molecule has 3 heterocycles. The minimum absolute atomic E-state index is 0.0143. The minimum atomic E-state index is -0.0410. The highest BCUT2D eigenvalue weighted by Gasteiger charge is 2.22. The number of amides is 1. The Balaban J connectivity index is 1.46. The average molecular weight is 365 g/mol. The lowest BCUT2D eigenvalue weighted by Gasteiger charge is -2.22. The molecule has 4 rings (SSSR count). The number of hydrogen-bond donors (Lipinski definition) is 1. The number of para-hydroxylation sites is 1. The van der Waals surface area contributed by atoms with E-state index in [0.29, 0.717) is 25.3 Å². The molecule has 0 saturated carbocycles. The van der Waals surface area contributed by atoms with Crippen molar-refractivity contribution in [1.82, 2.24) is 24.6 Å². The third kappa shape index (κ3) is 3.64. The number of pyridine rings is 1. The van der Waals surface area contributed by atoms with E-state index in [1.54, 1.807) is 24.0 Å². The predicted octanol–water partition coefficient (Wildman–Crippen LogP) is 1.61. The van der Waals surface area contributed by atoms with Crippen LogP contribution in [-0.2, 0) is 13.6 Å². The summed E-state index contributed by atoms with van der Waals surface area (Å²) in [5.74, 6) is 0.0143. The summed E-state index contributed by atoms with van der Waals surface area (Å²) in [5.41, 5.74) is 2.19. The summed E-state index contributed by atoms with van der Waals surface area (Å²) in [7, 11) is 1.78. The first-order valence-corrected chi connectivity index (χ1v) is 9.22. The van der Waals surface area contributed by atoms with Gasteiger partial charge in [-0.3, -0.25) is 19.2 Å². The number of nitrogens with one attached hydrogen (secondary N) is 1. The van der Waals surface area contributed by atoms with Crippen LogP contribution in [0.25, 0.3) is 10.9 Å². The molecule has 1 fully saturated rings. The molecular formula is C20H23N5O2. The predicted molar refractivity (Wildman–Crippen MR) is 104 cm³/mol. The summed E-state index contributed by atoms with van der Waals surface area (Å²) in [6.45, 7) is 3.56. The number of rotatable bonds is 3. The van der Waals surface area contributed by atoms with E-state index in [2.05, 4.69) is 15.0 Å². The highest BCUT2D eigenvalue weighted by Crippen LogP contribution is 2.14. The van der Waals surface area contributed by atoms with E-state index in [-0.39, 0.29) is 11.5 Å². The van der Waals surface area contributed by atoms with E-state index >= 15 is 0 Å². The Morgan fingerprint density at radius 1 is 1.15 bits per heavy atom. The molecule has 0 spiro atoms. The topological polar surface area (TPSA) is 74.2 Å². The van der Waals surface area contributed by atoms with Gasteiger partial charge in [0.15, 0.2) is 0 Å². The number of aryl methyl sites for hydroxylation is 1.